The van der Waals surface area contributed by atoms with Gasteiger partial charge < -0.3 is 19.1 Å². The Hall–Kier alpha value is -3.56. The Morgan fingerprint density at radius 3 is 2.29 bits per heavy atom. The SMILES string of the molecule is CO/N=C(/C(=O)OC)c1cccc(C)c1CO/N=C(\C)c1ccc(OC(F)(F)F)cc1. The zero-order valence-electron chi connectivity index (χ0n) is 17.3. The summed E-state index contributed by atoms with van der Waals surface area (Å²) in [7, 11) is 2.55. The van der Waals surface area contributed by atoms with Crippen molar-refractivity contribution >= 4 is 17.4 Å². The fraction of sp³-hybridized carbons (Fsp3) is 0.286. The Kier molecular flexibility index (Phi) is 8.00. The molecule has 0 saturated carbocycles. The molecule has 31 heavy (non-hydrogen) atoms. The van der Waals surface area contributed by atoms with E-state index < -0.39 is 12.3 Å². The van der Waals surface area contributed by atoms with E-state index in [1.54, 1.807) is 19.1 Å². The number of hydrogen-bond acceptors (Lipinski definition) is 7. The molecule has 0 aliphatic heterocycles. The number of carbonyl (C=O) groups is 1. The summed E-state index contributed by atoms with van der Waals surface area (Å²) in [6, 6.07) is 10.5. The van der Waals surface area contributed by atoms with Crippen molar-refractivity contribution < 1.29 is 37.1 Å². The molecule has 0 saturated heterocycles. The van der Waals surface area contributed by atoms with Gasteiger partial charge in [0.25, 0.3) is 0 Å². The summed E-state index contributed by atoms with van der Waals surface area (Å²) in [6.07, 6.45) is -4.76. The highest BCUT2D eigenvalue weighted by Crippen LogP contribution is 2.23. The Labute approximate surface area is 177 Å². The van der Waals surface area contributed by atoms with E-state index in [0.29, 0.717) is 22.4 Å². The average Bonchev–Trinajstić information content (AvgIpc) is 2.72. The van der Waals surface area contributed by atoms with Crippen LogP contribution in [0.2, 0.25) is 0 Å². The Morgan fingerprint density at radius 2 is 1.71 bits per heavy atom. The van der Waals surface area contributed by atoms with Crippen molar-refractivity contribution in [3.63, 3.8) is 0 Å². The summed E-state index contributed by atoms with van der Waals surface area (Å²) in [5.41, 5.74) is 2.91. The van der Waals surface area contributed by atoms with Crippen LogP contribution in [0.5, 0.6) is 5.75 Å². The fourth-order valence-corrected chi connectivity index (χ4v) is 2.64. The van der Waals surface area contributed by atoms with Crippen LogP contribution in [-0.4, -0.2) is 38.0 Å². The van der Waals surface area contributed by atoms with Crippen molar-refractivity contribution in [2.75, 3.05) is 14.2 Å². The number of methoxy groups -OCH3 is 1. The second-order valence-corrected chi connectivity index (χ2v) is 6.24. The van der Waals surface area contributed by atoms with Crippen molar-refractivity contribution in [1.29, 1.82) is 0 Å². The lowest BCUT2D eigenvalue weighted by molar-refractivity contribution is -0.274. The molecule has 7 nitrogen and oxygen atoms in total. The lowest BCUT2D eigenvalue weighted by Crippen LogP contribution is -2.20. The third-order valence-electron chi connectivity index (χ3n) is 4.14. The van der Waals surface area contributed by atoms with Gasteiger partial charge in [0.15, 0.2) is 5.71 Å². The van der Waals surface area contributed by atoms with Crippen molar-refractivity contribution in [3.05, 3.63) is 64.7 Å². The number of benzene rings is 2. The predicted molar refractivity (Wildman–Crippen MR) is 107 cm³/mol. The van der Waals surface area contributed by atoms with Gasteiger partial charge in [0, 0.05) is 11.1 Å². The Balaban J connectivity index is 2.18. The summed E-state index contributed by atoms with van der Waals surface area (Å²) >= 11 is 0. The quantitative estimate of drug-likeness (QED) is 0.348. The second-order valence-electron chi connectivity index (χ2n) is 6.24. The predicted octanol–water partition coefficient (Wildman–Crippen LogP) is 4.36. The van der Waals surface area contributed by atoms with Gasteiger partial charge >= 0.3 is 12.3 Å². The number of halogens is 3. The molecule has 0 fully saturated rings. The smallest absolute Gasteiger partial charge is 0.464 e. The molecule has 0 N–H and O–H groups in total. The van der Waals surface area contributed by atoms with Gasteiger partial charge in [-0.2, -0.15) is 0 Å². The molecule has 0 radical (unpaired) electrons. The van der Waals surface area contributed by atoms with Crippen LogP contribution < -0.4 is 4.74 Å². The van der Waals surface area contributed by atoms with Crippen LogP contribution in [0.1, 0.15) is 29.2 Å². The van der Waals surface area contributed by atoms with Crippen LogP contribution in [0.25, 0.3) is 0 Å². The van der Waals surface area contributed by atoms with Gasteiger partial charge in [-0.1, -0.05) is 28.5 Å². The van der Waals surface area contributed by atoms with E-state index in [-0.39, 0.29) is 18.1 Å². The van der Waals surface area contributed by atoms with Gasteiger partial charge in [0.1, 0.15) is 19.5 Å². The summed E-state index contributed by atoms with van der Waals surface area (Å²) in [5, 5.41) is 7.76. The van der Waals surface area contributed by atoms with E-state index in [1.807, 2.05) is 13.0 Å². The number of esters is 1. The maximum atomic E-state index is 12.3. The molecular formula is C21H21F3N2O5. The number of hydrogen-bond donors (Lipinski definition) is 0. The van der Waals surface area contributed by atoms with Crippen LogP contribution in [0.15, 0.2) is 52.8 Å². The molecule has 0 aliphatic rings. The molecule has 0 aliphatic carbocycles. The topological polar surface area (TPSA) is 78.7 Å². The standard InChI is InChI=1S/C21H21F3N2O5/c1-13-6-5-7-17(19(26-29-4)20(27)28-3)18(13)12-30-25-14(2)15-8-10-16(11-9-15)31-21(22,23)24/h5-11H,12H2,1-4H3/b25-14+,26-19+. The number of oxime groups is 2. The zero-order valence-corrected chi connectivity index (χ0v) is 17.3. The first-order valence-electron chi connectivity index (χ1n) is 8.97. The molecule has 0 unspecified atom stereocenters. The molecular weight excluding hydrogens is 417 g/mol. The molecule has 0 aromatic heterocycles. The van der Waals surface area contributed by atoms with Gasteiger partial charge in [-0.3, -0.25) is 0 Å². The summed E-state index contributed by atoms with van der Waals surface area (Å²) in [5.74, 6) is -1.00. The van der Waals surface area contributed by atoms with E-state index >= 15 is 0 Å². The van der Waals surface area contributed by atoms with E-state index in [2.05, 4.69) is 15.0 Å². The van der Waals surface area contributed by atoms with Gasteiger partial charge in [-0.15, -0.1) is 13.2 Å². The average molecular weight is 438 g/mol. The third kappa shape index (κ3) is 6.73. The summed E-state index contributed by atoms with van der Waals surface area (Å²) in [4.78, 5) is 22.3. The third-order valence-corrected chi connectivity index (χ3v) is 4.14. The van der Waals surface area contributed by atoms with Gasteiger partial charge in [-0.05, 0) is 49.2 Å². The number of ether oxygens (including phenoxy) is 2. The minimum atomic E-state index is -4.76. The van der Waals surface area contributed by atoms with Crippen LogP contribution >= 0.6 is 0 Å². The number of rotatable bonds is 8. The van der Waals surface area contributed by atoms with Crippen LogP contribution in [0, 0.1) is 6.92 Å². The van der Waals surface area contributed by atoms with Gasteiger partial charge in [0.05, 0.1) is 12.8 Å². The normalized spacial score (nSPS) is 12.4. The zero-order chi connectivity index (χ0) is 23.0. The largest absolute Gasteiger partial charge is 0.573 e. The van der Waals surface area contributed by atoms with Crippen LogP contribution in [0.4, 0.5) is 13.2 Å². The second kappa shape index (κ2) is 10.5. The summed E-state index contributed by atoms with van der Waals surface area (Å²) < 4.78 is 45.4. The van der Waals surface area contributed by atoms with E-state index in [4.69, 9.17) is 14.4 Å². The van der Waals surface area contributed by atoms with E-state index in [1.165, 1.54) is 38.5 Å². The molecule has 0 heterocycles. The molecule has 10 heteroatoms. The monoisotopic (exact) mass is 438 g/mol. The van der Waals surface area contributed by atoms with Gasteiger partial charge in [-0.25, -0.2) is 4.79 Å². The number of aryl methyl sites for hydroxylation is 1. The first-order valence-corrected chi connectivity index (χ1v) is 8.97. The van der Waals surface area contributed by atoms with E-state index in [9.17, 15) is 18.0 Å². The fourth-order valence-electron chi connectivity index (χ4n) is 2.64. The Bertz CT molecular complexity index is 970. The summed E-state index contributed by atoms with van der Waals surface area (Å²) in [6.45, 7) is 3.48. The highest BCUT2D eigenvalue weighted by Gasteiger charge is 2.31. The maximum absolute atomic E-state index is 12.3. The van der Waals surface area contributed by atoms with Crippen molar-refractivity contribution in [2.45, 2.75) is 26.8 Å². The van der Waals surface area contributed by atoms with Crippen molar-refractivity contribution in [3.8, 4) is 5.75 Å². The van der Waals surface area contributed by atoms with Gasteiger partial charge in [0.2, 0.25) is 0 Å². The minimum absolute atomic E-state index is 0.00828. The molecule has 0 bridgehead atoms. The van der Waals surface area contributed by atoms with Crippen molar-refractivity contribution in [1.82, 2.24) is 0 Å². The number of alkyl halides is 3. The number of carbonyl (C=O) groups excluding carboxylic acids is 1. The van der Waals surface area contributed by atoms with E-state index in [0.717, 1.165) is 5.56 Å². The number of nitrogens with zero attached hydrogens (tertiary/aromatic N) is 2. The molecule has 0 atom stereocenters. The molecule has 2 aromatic rings. The maximum Gasteiger partial charge on any atom is 0.573 e. The highest BCUT2D eigenvalue weighted by molar-refractivity contribution is 6.43. The highest BCUT2D eigenvalue weighted by atomic mass is 19.4. The molecule has 0 spiro atoms. The van der Waals surface area contributed by atoms with Crippen molar-refractivity contribution in [2.24, 2.45) is 10.3 Å². The molecule has 0 amide bonds. The molecule has 2 rings (SSSR count). The lowest BCUT2D eigenvalue weighted by Gasteiger charge is -2.12. The van der Waals surface area contributed by atoms with Crippen LogP contribution in [-0.2, 0) is 25.8 Å². The minimum Gasteiger partial charge on any atom is -0.464 e. The molecule has 166 valence electrons. The van der Waals surface area contributed by atoms with Crippen LogP contribution in [0.3, 0.4) is 0 Å². The molecule has 2 aromatic carbocycles. The lowest BCUT2D eigenvalue weighted by atomic mass is 9.99. The Morgan fingerprint density at radius 1 is 1.03 bits per heavy atom. The first kappa shape index (κ1) is 23.7. The first-order chi connectivity index (χ1) is 14.7.